The summed E-state index contributed by atoms with van der Waals surface area (Å²) in [6, 6.07) is 19.6. The van der Waals surface area contributed by atoms with E-state index in [1.165, 1.54) is 24.1 Å². The highest BCUT2D eigenvalue weighted by atomic mass is 32.1. The average Bonchev–Trinajstić information content (AvgIpc) is 3.07. The number of rotatable bonds is 5. The van der Waals surface area contributed by atoms with Gasteiger partial charge in [0, 0.05) is 12.0 Å². The van der Waals surface area contributed by atoms with Crippen LogP contribution in [0.4, 0.5) is 0 Å². The number of fused-ring (bicyclic) bond motifs is 1. The molecule has 2 N–H and O–H groups in total. The Kier molecular flexibility index (Phi) is 4.90. The number of aromatic hydroxyl groups is 1. The topological polar surface area (TPSA) is 75.4 Å². The Bertz CT molecular complexity index is 1220. The maximum Gasteiger partial charge on any atom is 0.216 e. The summed E-state index contributed by atoms with van der Waals surface area (Å²) in [5.74, 6) is 1.09. The Hall–Kier alpha value is -3.45. The molecule has 4 aromatic rings. The van der Waals surface area contributed by atoms with Gasteiger partial charge in [-0.25, -0.2) is 0 Å². The van der Waals surface area contributed by atoms with Crippen molar-refractivity contribution < 1.29 is 9.84 Å². The van der Waals surface area contributed by atoms with Gasteiger partial charge >= 0.3 is 0 Å². The Morgan fingerprint density at radius 2 is 1.93 bits per heavy atom. The van der Waals surface area contributed by atoms with Crippen molar-refractivity contribution in [3.05, 3.63) is 82.4 Å². The minimum absolute atomic E-state index is 0.0272. The maximum atomic E-state index is 10.2. The number of nitrogens with one attached hydrogen (secondary N) is 1. The van der Waals surface area contributed by atoms with Gasteiger partial charge in [0.2, 0.25) is 4.77 Å². The van der Waals surface area contributed by atoms with E-state index >= 15 is 0 Å². The van der Waals surface area contributed by atoms with E-state index in [9.17, 15) is 5.11 Å². The molecule has 7 heteroatoms. The van der Waals surface area contributed by atoms with Crippen molar-refractivity contribution in [1.82, 2.24) is 14.9 Å². The van der Waals surface area contributed by atoms with E-state index in [0.717, 1.165) is 5.56 Å². The van der Waals surface area contributed by atoms with Crippen molar-refractivity contribution in [3.63, 3.8) is 0 Å². The fourth-order valence-electron chi connectivity index (χ4n) is 3.10. The molecule has 0 fully saturated rings. The number of hydrogen-bond acceptors (Lipinski definition) is 5. The third kappa shape index (κ3) is 3.39. The van der Waals surface area contributed by atoms with Crippen LogP contribution in [0.3, 0.4) is 0 Å². The molecule has 0 unspecified atom stereocenters. The summed E-state index contributed by atoms with van der Waals surface area (Å²) >= 11 is 5.33. The molecule has 1 aromatic heterocycles. The largest absolute Gasteiger partial charge is 0.504 e. The molecule has 28 heavy (non-hydrogen) atoms. The SMILES string of the molecule is COc1cccc(/C=N/n2c(Cc3cccc4ccccc34)n[nH]c2=S)c1O. The predicted molar refractivity (Wildman–Crippen MR) is 112 cm³/mol. The van der Waals surface area contributed by atoms with Gasteiger partial charge in [0.25, 0.3) is 0 Å². The van der Waals surface area contributed by atoms with Gasteiger partial charge in [-0.15, -0.1) is 0 Å². The van der Waals surface area contributed by atoms with Gasteiger partial charge in [0.15, 0.2) is 17.3 Å². The van der Waals surface area contributed by atoms with Gasteiger partial charge in [-0.2, -0.15) is 14.9 Å². The number of hydrogen-bond donors (Lipinski definition) is 2. The number of aromatic amines is 1. The van der Waals surface area contributed by atoms with Crippen molar-refractivity contribution in [2.75, 3.05) is 7.11 Å². The number of benzene rings is 3. The number of phenols is 1. The number of nitrogens with zero attached hydrogens (tertiary/aromatic N) is 3. The second-order valence-electron chi connectivity index (χ2n) is 6.21. The van der Waals surface area contributed by atoms with Gasteiger partial charge in [-0.05, 0) is 40.7 Å². The third-order valence-corrected chi connectivity index (χ3v) is 4.77. The number of phenolic OH excluding ortho intramolecular Hbond substituents is 1. The standard InChI is InChI=1S/C21H18N4O2S/c1-27-18-11-5-9-16(20(18)26)13-22-25-19(23-24-21(25)28)12-15-8-4-7-14-6-2-3-10-17(14)15/h2-11,13,26H,12H2,1H3,(H,24,28)/b22-13+. The molecule has 0 saturated heterocycles. The number of ether oxygens (including phenoxy) is 1. The minimum atomic E-state index is 0.0272. The lowest BCUT2D eigenvalue weighted by Gasteiger charge is -2.07. The molecule has 0 aliphatic heterocycles. The first kappa shape index (κ1) is 17.9. The number of aromatic nitrogens is 3. The first-order valence-corrected chi connectivity index (χ1v) is 9.11. The summed E-state index contributed by atoms with van der Waals surface area (Å²) in [4.78, 5) is 0. The maximum absolute atomic E-state index is 10.2. The molecule has 0 spiro atoms. The van der Waals surface area contributed by atoms with Crippen molar-refractivity contribution in [2.45, 2.75) is 6.42 Å². The zero-order valence-corrected chi connectivity index (χ0v) is 16.0. The van der Waals surface area contributed by atoms with Crippen molar-refractivity contribution in [2.24, 2.45) is 5.10 Å². The minimum Gasteiger partial charge on any atom is -0.504 e. The number of methoxy groups -OCH3 is 1. The molecule has 0 radical (unpaired) electrons. The van der Waals surface area contributed by atoms with Gasteiger partial charge in [-0.3, -0.25) is 5.10 Å². The van der Waals surface area contributed by atoms with Gasteiger partial charge in [0.1, 0.15) is 0 Å². The molecule has 0 amide bonds. The van der Waals surface area contributed by atoms with Crippen LogP contribution in [0.1, 0.15) is 17.0 Å². The summed E-state index contributed by atoms with van der Waals surface area (Å²) in [5.41, 5.74) is 1.66. The Morgan fingerprint density at radius 1 is 1.14 bits per heavy atom. The molecular weight excluding hydrogens is 372 g/mol. The van der Waals surface area contributed by atoms with E-state index < -0.39 is 0 Å². The van der Waals surface area contributed by atoms with Gasteiger partial charge in [-0.1, -0.05) is 48.5 Å². The zero-order valence-electron chi connectivity index (χ0n) is 15.2. The highest BCUT2D eigenvalue weighted by molar-refractivity contribution is 7.71. The molecule has 0 aliphatic carbocycles. The normalized spacial score (nSPS) is 11.3. The first-order chi connectivity index (χ1) is 13.7. The predicted octanol–water partition coefficient (Wildman–Crippen LogP) is 4.28. The Morgan fingerprint density at radius 3 is 2.79 bits per heavy atom. The number of para-hydroxylation sites is 1. The lowest BCUT2D eigenvalue weighted by atomic mass is 10.0. The van der Waals surface area contributed by atoms with E-state index in [4.69, 9.17) is 17.0 Å². The monoisotopic (exact) mass is 390 g/mol. The van der Waals surface area contributed by atoms with E-state index in [2.05, 4.69) is 39.6 Å². The van der Waals surface area contributed by atoms with Crippen LogP contribution in [0.25, 0.3) is 10.8 Å². The Balaban J connectivity index is 1.70. The highest BCUT2D eigenvalue weighted by Crippen LogP contribution is 2.28. The molecule has 3 aromatic carbocycles. The fraction of sp³-hybridized carbons (Fsp3) is 0.0952. The van der Waals surface area contributed by atoms with Crippen LogP contribution in [-0.4, -0.2) is 33.3 Å². The first-order valence-electron chi connectivity index (χ1n) is 8.70. The Labute approximate surface area is 166 Å². The molecule has 140 valence electrons. The molecule has 1 heterocycles. The van der Waals surface area contributed by atoms with Gasteiger partial charge < -0.3 is 9.84 Å². The number of H-pyrrole nitrogens is 1. The van der Waals surface area contributed by atoms with E-state index in [-0.39, 0.29) is 5.75 Å². The molecule has 4 rings (SSSR count). The molecule has 0 aliphatic rings. The summed E-state index contributed by atoms with van der Waals surface area (Å²) in [6.07, 6.45) is 2.10. The molecule has 0 bridgehead atoms. The lowest BCUT2D eigenvalue weighted by Crippen LogP contribution is -2.01. The van der Waals surface area contributed by atoms with E-state index in [1.54, 1.807) is 22.9 Å². The fourth-order valence-corrected chi connectivity index (χ4v) is 3.30. The third-order valence-electron chi connectivity index (χ3n) is 4.51. The second kappa shape index (κ2) is 7.66. The summed E-state index contributed by atoms with van der Waals surface area (Å²) in [5, 5.41) is 24.1. The van der Waals surface area contributed by atoms with Crippen molar-refractivity contribution in [3.8, 4) is 11.5 Å². The van der Waals surface area contributed by atoms with E-state index in [0.29, 0.717) is 28.3 Å². The molecular formula is C21H18N4O2S. The molecule has 0 atom stereocenters. The summed E-state index contributed by atoms with van der Waals surface area (Å²) in [6.45, 7) is 0. The van der Waals surface area contributed by atoms with Crippen LogP contribution in [0.2, 0.25) is 0 Å². The average molecular weight is 390 g/mol. The van der Waals surface area contributed by atoms with Crippen LogP contribution in [-0.2, 0) is 6.42 Å². The van der Waals surface area contributed by atoms with Crippen molar-refractivity contribution >= 4 is 29.2 Å². The second-order valence-corrected chi connectivity index (χ2v) is 6.60. The smallest absolute Gasteiger partial charge is 0.216 e. The van der Waals surface area contributed by atoms with Crippen LogP contribution in [0.15, 0.2) is 65.8 Å². The highest BCUT2D eigenvalue weighted by Gasteiger charge is 2.10. The van der Waals surface area contributed by atoms with E-state index in [1.807, 2.05) is 18.2 Å². The van der Waals surface area contributed by atoms with Crippen LogP contribution in [0, 0.1) is 4.77 Å². The molecule has 6 nitrogen and oxygen atoms in total. The van der Waals surface area contributed by atoms with Crippen molar-refractivity contribution in [1.29, 1.82) is 0 Å². The molecule has 0 saturated carbocycles. The lowest BCUT2D eigenvalue weighted by molar-refractivity contribution is 0.373. The van der Waals surface area contributed by atoms with Gasteiger partial charge in [0.05, 0.1) is 13.3 Å². The van der Waals surface area contributed by atoms with Crippen LogP contribution < -0.4 is 4.74 Å². The summed E-state index contributed by atoms with van der Waals surface area (Å²) < 4.78 is 7.08. The zero-order chi connectivity index (χ0) is 19.5. The van der Waals surface area contributed by atoms with Crippen LogP contribution >= 0.6 is 12.2 Å². The quantitative estimate of drug-likeness (QED) is 0.394. The summed E-state index contributed by atoms with van der Waals surface area (Å²) in [7, 11) is 1.50. The van der Waals surface area contributed by atoms with Crippen LogP contribution in [0.5, 0.6) is 11.5 Å².